The second kappa shape index (κ2) is 12.1. The van der Waals surface area contributed by atoms with E-state index in [2.05, 4.69) is 20.6 Å². The first-order valence-electron chi connectivity index (χ1n) is 12.2. The number of ether oxygens (including phenoxy) is 1. The first-order chi connectivity index (χ1) is 18.3. The molecule has 0 saturated heterocycles. The zero-order valence-electron chi connectivity index (χ0n) is 20.9. The summed E-state index contributed by atoms with van der Waals surface area (Å²) in [6.07, 6.45) is 2.14. The Hall–Kier alpha value is -3.97. The minimum Gasteiger partial charge on any atom is -0.522 e. The zero-order chi connectivity index (χ0) is 27.2. The normalized spacial score (nSPS) is 18.7. The van der Waals surface area contributed by atoms with E-state index in [1.807, 2.05) is 44.2 Å². The minimum atomic E-state index is -1.39. The van der Waals surface area contributed by atoms with Gasteiger partial charge in [-0.2, -0.15) is 0 Å². The lowest BCUT2D eigenvalue weighted by atomic mass is 9.73. The molecule has 0 spiro atoms. The number of cyclic esters (lactones) is 1. The third-order valence-electron chi connectivity index (χ3n) is 6.00. The number of carbonyl (C=O) groups is 3. The smallest absolute Gasteiger partial charge is 0.522 e. The van der Waals surface area contributed by atoms with Crippen LogP contribution in [0.2, 0.25) is 0 Å². The molecular formula is C25H29BN4O8. The Kier molecular flexibility index (Phi) is 8.59. The molecule has 0 radical (unpaired) electrons. The molecule has 2 unspecified atom stereocenters. The van der Waals surface area contributed by atoms with Crippen molar-refractivity contribution in [3.63, 3.8) is 0 Å². The highest BCUT2D eigenvalue weighted by Gasteiger charge is 2.53. The summed E-state index contributed by atoms with van der Waals surface area (Å²) >= 11 is 0. The van der Waals surface area contributed by atoms with Gasteiger partial charge in [-0.15, -0.1) is 0 Å². The van der Waals surface area contributed by atoms with E-state index >= 15 is 0 Å². The fraction of sp³-hybridized carbons (Fsp3) is 0.400. The summed E-state index contributed by atoms with van der Waals surface area (Å²) in [4.78, 5) is 46.5. The molecule has 0 saturated carbocycles. The molecule has 2 aliphatic rings. The van der Waals surface area contributed by atoms with Crippen LogP contribution in [-0.4, -0.2) is 75.9 Å². The molecular weight excluding hydrogens is 495 g/mol. The number of aromatic nitrogens is 2. The monoisotopic (exact) mass is 524 g/mol. The summed E-state index contributed by atoms with van der Waals surface area (Å²) in [6, 6.07) is 8.23. The predicted octanol–water partition coefficient (Wildman–Crippen LogP) is -0.0870. The molecule has 4 rings (SSSR count). The van der Waals surface area contributed by atoms with Crippen LogP contribution < -0.4 is 10.6 Å². The Bertz CT molecular complexity index is 1180. The van der Waals surface area contributed by atoms with E-state index < -0.39 is 55.7 Å². The van der Waals surface area contributed by atoms with Gasteiger partial charge in [0.2, 0.25) is 11.7 Å². The summed E-state index contributed by atoms with van der Waals surface area (Å²) in [6.45, 7) is 3.24. The van der Waals surface area contributed by atoms with Crippen molar-refractivity contribution in [2.24, 2.45) is 5.92 Å². The summed E-state index contributed by atoms with van der Waals surface area (Å²) in [7, 11) is -1.08. The van der Waals surface area contributed by atoms with Gasteiger partial charge in [0.15, 0.2) is 11.9 Å². The van der Waals surface area contributed by atoms with Gasteiger partial charge in [0.25, 0.3) is 5.91 Å². The van der Waals surface area contributed by atoms with Crippen LogP contribution in [0.1, 0.15) is 36.3 Å². The highest BCUT2D eigenvalue weighted by molar-refractivity contribution is 6.49. The van der Waals surface area contributed by atoms with Crippen LogP contribution in [0.3, 0.4) is 0 Å². The van der Waals surface area contributed by atoms with Crippen molar-refractivity contribution < 1.29 is 38.6 Å². The Balaban J connectivity index is 1.51. The van der Waals surface area contributed by atoms with E-state index in [1.54, 1.807) is 0 Å². The van der Waals surface area contributed by atoms with Gasteiger partial charge >= 0.3 is 13.1 Å². The second-order valence-electron chi connectivity index (χ2n) is 9.42. The zero-order valence-corrected chi connectivity index (χ0v) is 20.9. The Morgan fingerprint density at radius 2 is 1.89 bits per heavy atom. The Morgan fingerprint density at radius 1 is 1.13 bits per heavy atom. The maximum Gasteiger partial charge on any atom is 0.619 e. The molecule has 3 heterocycles. The van der Waals surface area contributed by atoms with E-state index in [-0.39, 0.29) is 29.6 Å². The van der Waals surface area contributed by atoms with Gasteiger partial charge < -0.3 is 34.9 Å². The van der Waals surface area contributed by atoms with Gasteiger partial charge in [-0.1, -0.05) is 44.2 Å². The average molecular weight is 524 g/mol. The molecule has 4 N–H and O–H groups in total. The second-order valence-corrected chi connectivity index (χ2v) is 9.42. The quantitative estimate of drug-likeness (QED) is 0.230. The first-order valence-corrected chi connectivity index (χ1v) is 12.2. The van der Waals surface area contributed by atoms with Crippen molar-refractivity contribution in [1.82, 2.24) is 20.6 Å². The highest BCUT2D eigenvalue weighted by Crippen LogP contribution is 2.34. The molecule has 38 heavy (non-hydrogen) atoms. The summed E-state index contributed by atoms with van der Waals surface area (Å²) < 4.78 is 16.6. The van der Waals surface area contributed by atoms with Crippen molar-refractivity contribution >= 4 is 24.9 Å². The largest absolute Gasteiger partial charge is 0.619 e. The number of hydrogen-bond acceptors (Lipinski definition) is 10. The molecule has 200 valence electrons. The third kappa shape index (κ3) is 6.29. The van der Waals surface area contributed by atoms with Crippen molar-refractivity contribution in [3.8, 4) is 0 Å². The summed E-state index contributed by atoms with van der Waals surface area (Å²) in [5, 5.41) is 24.9. The van der Waals surface area contributed by atoms with Crippen molar-refractivity contribution in [2.45, 2.75) is 50.9 Å². The molecule has 0 aliphatic carbocycles. The molecule has 4 atom stereocenters. The fourth-order valence-corrected chi connectivity index (χ4v) is 4.19. The van der Waals surface area contributed by atoms with E-state index in [0.29, 0.717) is 6.42 Å². The van der Waals surface area contributed by atoms with Crippen LogP contribution in [0.25, 0.3) is 0 Å². The molecule has 2 aliphatic heterocycles. The van der Waals surface area contributed by atoms with Gasteiger partial charge in [0, 0.05) is 18.8 Å². The molecule has 2 amide bonds. The van der Waals surface area contributed by atoms with Gasteiger partial charge in [-0.25, -0.2) is 9.78 Å². The lowest BCUT2D eigenvalue weighted by Crippen LogP contribution is -2.55. The number of rotatable bonds is 11. The number of esters is 1. The van der Waals surface area contributed by atoms with Gasteiger partial charge in [0.05, 0.1) is 18.7 Å². The maximum absolute atomic E-state index is 13.5. The number of nitrogens with one attached hydrogen (secondary N) is 2. The molecule has 2 aromatic rings. The molecule has 1 aromatic heterocycles. The number of carbonyl (C=O) groups excluding carboxylic acids is 3. The van der Waals surface area contributed by atoms with E-state index in [4.69, 9.17) is 14.0 Å². The summed E-state index contributed by atoms with van der Waals surface area (Å²) in [5.74, 6) is -2.74. The third-order valence-corrected chi connectivity index (χ3v) is 6.00. The molecule has 0 fully saturated rings. The van der Waals surface area contributed by atoms with Crippen molar-refractivity contribution in [3.05, 3.63) is 71.7 Å². The minimum absolute atomic E-state index is 0.0265. The SMILES string of the molecule is CC(C)C[C@H](NC(=O)[C@H](Cc1ccccc1)NC(=O)c1cnccn1)B1OC2=C(O1)C(C(O)CO)OC2=O. The topological polar surface area (TPSA) is 169 Å². The summed E-state index contributed by atoms with van der Waals surface area (Å²) in [5.41, 5.74) is 0.886. The maximum atomic E-state index is 13.5. The number of aliphatic hydroxyl groups excluding tert-OH is 2. The molecule has 13 heteroatoms. The molecule has 0 bridgehead atoms. The molecule has 12 nitrogen and oxygen atoms in total. The number of aliphatic hydroxyl groups is 2. The number of benzene rings is 1. The van der Waals surface area contributed by atoms with Gasteiger partial charge in [-0.3, -0.25) is 14.6 Å². The lowest BCUT2D eigenvalue weighted by molar-refractivity contribution is -0.148. The van der Waals surface area contributed by atoms with E-state index in [9.17, 15) is 24.6 Å². The van der Waals surface area contributed by atoms with Gasteiger partial charge in [-0.05, 0) is 17.9 Å². The first kappa shape index (κ1) is 27.1. The van der Waals surface area contributed by atoms with Gasteiger partial charge in [0.1, 0.15) is 17.8 Å². The van der Waals surface area contributed by atoms with Crippen LogP contribution in [0, 0.1) is 5.92 Å². The predicted molar refractivity (Wildman–Crippen MR) is 133 cm³/mol. The number of nitrogens with zero attached hydrogens (tertiary/aromatic N) is 2. The lowest BCUT2D eigenvalue weighted by Gasteiger charge is -2.27. The Morgan fingerprint density at radius 3 is 2.55 bits per heavy atom. The van der Waals surface area contributed by atoms with Crippen molar-refractivity contribution in [2.75, 3.05) is 6.61 Å². The van der Waals surface area contributed by atoms with Crippen LogP contribution in [0.4, 0.5) is 0 Å². The van der Waals surface area contributed by atoms with Crippen LogP contribution in [0.15, 0.2) is 60.4 Å². The van der Waals surface area contributed by atoms with E-state index in [1.165, 1.54) is 18.6 Å². The van der Waals surface area contributed by atoms with E-state index in [0.717, 1.165) is 5.56 Å². The fourth-order valence-electron chi connectivity index (χ4n) is 4.19. The number of hydrogen-bond donors (Lipinski definition) is 4. The standard InChI is InChI=1S/C25H29BN4O8/c1-14(2)10-19(26-37-21-20(18(32)13-31)36-25(35)22(21)38-26)30-23(33)16(11-15-6-4-3-5-7-15)29-24(34)17-12-27-8-9-28-17/h3-9,12,14,16,18-20,31-32H,10-11,13H2,1-2H3,(H,29,34)(H,30,33)/t16-,18?,19-,20?/m0/s1. The molecule has 1 aromatic carbocycles. The van der Waals surface area contributed by atoms with Crippen LogP contribution in [-0.2, 0) is 30.1 Å². The average Bonchev–Trinajstić information content (AvgIpc) is 3.48. The van der Waals surface area contributed by atoms with Crippen molar-refractivity contribution in [1.29, 1.82) is 0 Å². The Labute approximate surface area is 219 Å². The van der Waals surface area contributed by atoms with Crippen LogP contribution in [0.5, 0.6) is 0 Å². The highest BCUT2D eigenvalue weighted by atomic mass is 16.7. The number of amides is 2. The van der Waals surface area contributed by atoms with Crippen LogP contribution >= 0.6 is 0 Å².